The number of alkyl carbamates (subject to hydrolysis) is 1. The number of anilines is 1. The minimum Gasteiger partial charge on any atom is -0.453 e. The van der Waals surface area contributed by atoms with Crippen LogP contribution in [0.2, 0.25) is 0 Å². The van der Waals surface area contributed by atoms with Crippen molar-refractivity contribution in [3.63, 3.8) is 0 Å². The topological polar surface area (TPSA) is 126 Å². The third kappa shape index (κ3) is 7.84. The third-order valence-electron chi connectivity index (χ3n) is 11.6. The average molecular weight is 735 g/mol. The van der Waals surface area contributed by atoms with Gasteiger partial charge in [0.25, 0.3) is 0 Å². The molecule has 2 unspecified atom stereocenters. The number of rotatable bonds is 12. The molecule has 3 saturated heterocycles. The molecule has 11 nitrogen and oxygen atoms in total. The van der Waals surface area contributed by atoms with Crippen molar-refractivity contribution in [3.05, 3.63) is 72.1 Å². The summed E-state index contributed by atoms with van der Waals surface area (Å²) in [5.74, 6) is -0.186. The van der Waals surface area contributed by atoms with Crippen molar-refractivity contribution in [2.24, 2.45) is 17.8 Å². The van der Waals surface area contributed by atoms with E-state index in [-0.39, 0.29) is 47.6 Å². The molecule has 1 aliphatic carbocycles. The van der Waals surface area contributed by atoms with Crippen molar-refractivity contribution in [1.29, 1.82) is 5.26 Å². The second-order valence-corrected chi connectivity index (χ2v) is 17.4. The number of halogens is 1. The van der Waals surface area contributed by atoms with Gasteiger partial charge >= 0.3 is 6.09 Å². The predicted octanol–water partition coefficient (Wildman–Crippen LogP) is 4.06. The summed E-state index contributed by atoms with van der Waals surface area (Å²) in [6.07, 6.45) is 6.80. The molecule has 3 atom stereocenters. The van der Waals surface area contributed by atoms with E-state index in [2.05, 4.69) is 21.2 Å². The minimum atomic E-state index is -3.53. The molecule has 0 spiro atoms. The number of piperidine rings is 1. The molecule has 52 heavy (non-hydrogen) atoms. The number of hydrogen-bond donors (Lipinski definition) is 1. The van der Waals surface area contributed by atoms with Gasteiger partial charge in [0, 0.05) is 68.9 Å². The number of likely N-dealkylation sites (N-methyl/N-ethyl adjacent to an activating group) is 1. The fourth-order valence-corrected chi connectivity index (χ4v) is 10.4. The summed E-state index contributed by atoms with van der Waals surface area (Å²) in [5.41, 5.74) is 0.756. The van der Waals surface area contributed by atoms with Crippen molar-refractivity contribution in [3.8, 4) is 6.07 Å². The highest BCUT2D eigenvalue weighted by molar-refractivity contribution is 7.92. The summed E-state index contributed by atoms with van der Waals surface area (Å²) in [7, 11) is 1.64. The highest BCUT2D eigenvalue weighted by Gasteiger charge is 2.53. The minimum absolute atomic E-state index is 0.0155. The highest BCUT2D eigenvalue weighted by Crippen LogP contribution is 2.50. The van der Waals surface area contributed by atoms with Crippen LogP contribution in [0.4, 0.5) is 14.9 Å². The number of amides is 2. The molecule has 3 aliphatic heterocycles. The normalized spacial score (nSPS) is 23.2. The molecule has 2 aromatic carbocycles. The second-order valence-electron chi connectivity index (χ2n) is 15.2. The highest BCUT2D eigenvalue weighted by atomic mass is 32.2. The maximum atomic E-state index is 14.6. The first kappa shape index (κ1) is 37.8. The maximum absolute atomic E-state index is 14.6. The van der Waals surface area contributed by atoms with Crippen LogP contribution in [0.25, 0.3) is 0 Å². The van der Waals surface area contributed by atoms with E-state index in [0.29, 0.717) is 18.0 Å². The predicted molar refractivity (Wildman–Crippen MR) is 197 cm³/mol. The number of likely N-dealkylation sites (tertiary alicyclic amines) is 2. The number of hydrogen-bond acceptors (Lipinski definition) is 9. The molecule has 2 amide bonds. The third-order valence-corrected chi connectivity index (χ3v) is 13.7. The van der Waals surface area contributed by atoms with E-state index >= 15 is 0 Å². The molecular formula is C39H51FN6O5S. The molecule has 1 N–H and O–H groups in total. The zero-order valence-electron chi connectivity index (χ0n) is 30.4. The summed E-state index contributed by atoms with van der Waals surface area (Å²) in [6, 6.07) is 16.0. The van der Waals surface area contributed by atoms with Gasteiger partial charge in [0.2, 0.25) is 5.91 Å². The average Bonchev–Trinajstić information content (AvgIpc) is 3.54. The number of benzene rings is 2. The van der Waals surface area contributed by atoms with E-state index < -0.39 is 26.6 Å². The lowest BCUT2D eigenvalue weighted by Gasteiger charge is -2.48. The van der Waals surface area contributed by atoms with Crippen LogP contribution in [0.1, 0.15) is 37.7 Å². The molecule has 280 valence electrons. The van der Waals surface area contributed by atoms with Gasteiger partial charge in [-0.25, -0.2) is 17.6 Å². The Kier molecular flexibility index (Phi) is 11.6. The van der Waals surface area contributed by atoms with E-state index in [1.54, 1.807) is 29.2 Å². The van der Waals surface area contributed by atoms with Crippen LogP contribution in [-0.4, -0.2) is 120 Å². The molecule has 0 radical (unpaired) electrons. The summed E-state index contributed by atoms with van der Waals surface area (Å²) < 4.78 is 46.0. The number of nitriles is 1. The van der Waals surface area contributed by atoms with Gasteiger partial charge in [0.15, 0.2) is 9.84 Å². The number of methoxy groups -OCH3 is 1. The van der Waals surface area contributed by atoms with Crippen LogP contribution in [0.3, 0.4) is 0 Å². The number of nitrogens with zero attached hydrogens (tertiary/aromatic N) is 5. The van der Waals surface area contributed by atoms with Gasteiger partial charge in [-0.05, 0) is 101 Å². The zero-order chi connectivity index (χ0) is 37.0. The van der Waals surface area contributed by atoms with Crippen molar-refractivity contribution in [1.82, 2.24) is 20.0 Å². The molecule has 0 bridgehead atoms. The lowest BCUT2D eigenvalue weighted by molar-refractivity contribution is -0.129. The van der Waals surface area contributed by atoms with E-state index in [4.69, 9.17) is 4.74 Å². The Morgan fingerprint density at radius 3 is 2.40 bits per heavy atom. The number of carbonyl (C=O) groups excluding carboxylic acids is 2. The van der Waals surface area contributed by atoms with Crippen molar-refractivity contribution in [2.45, 2.75) is 53.7 Å². The van der Waals surface area contributed by atoms with Gasteiger partial charge in [-0.3, -0.25) is 4.79 Å². The van der Waals surface area contributed by atoms with Gasteiger partial charge in [-0.15, -0.1) is 0 Å². The summed E-state index contributed by atoms with van der Waals surface area (Å²) >= 11 is 0. The molecule has 4 fully saturated rings. The van der Waals surface area contributed by atoms with Crippen molar-refractivity contribution < 1.29 is 27.1 Å². The van der Waals surface area contributed by atoms with Gasteiger partial charge in [-0.1, -0.05) is 24.6 Å². The quantitative estimate of drug-likeness (QED) is 0.322. The molecule has 6 rings (SSSR count). The Morgan fingerprint density at radius 2 is 1.77 bits per heavy atom. The molecule has 0 aromatic heterocycles. The maximum Gasteiger partial charge on any atom is 0.407 e. The number of ether oxygens (including phenoxy) is 1. The lowest BCUT2D eigenvalue weighted by atomic mass is 9.59. The molecule has 4 aliphatic rings. The second kappa shape index (κ2) is 15.9. The monoisotopic (exact) mass is 734 g/mol. The molecule has 3 heterocycles. The van der Waals surface area contributed by atoms with Crippen LogP contribution in [-0.2, 0) is 24.8 Å². The van der Waals surface area contributed by atoms with Crippen molar-refractivity contribution in [2.75, 3.05) is 78.5 Å². The Labute approximate surface area is 307 Å². The Bertz CT molecular complexity index is 1760. The van der Waals surface area contributed by atoms with Crippen LogP contribution in [0.15, 0.2) is 65.6 Å². The molecular weight excluding hydrogens is 684 g/mol. The van der Waals surface area contributed by atoms with Gasteiger partial charge in [-0.2, -0.15) is 5.26 Å². The smallest absolute Gasteiger partial charge is 0.407 e. The first-order valence-electron chi connectivity index (χ1n) is 18.4. The Hall–Kier alpha value is -3.99. The summed E-state index contributed by atoms with van der Waals surface area (Å²) in [4.78, 5) is 33.1. The fraction of sp³-hybridized carbons (Fsp3) is 0.564. The standard InChI is InChI=1S/C39H51FN6O5S/c1-43(2)18-6-11-37(47)46-25-34(26-46)52(49,50)33-14-12-32(13-15-33)45-23-28(24-45)22-44-19-16-29(17-20-44)39(27-41,30-7-4-8-31(40)21-30)35-9-5-10-36(35)42-38(48)51-3/h4,6-8,11-15,21,28-29,34-36H,5,9-10,16-20,22-26H2,1-3H3,(H,42,48)/b11-6+/t35?,36-,39?/m0/s1. The van der Waals surface area contributed by atoms with E-state index in [9.17, 15) is 27.7 Å². The Morgan fingerprint density at radius 1 is 1.06 bits per heavy atom. The van der Waals surface area contributed by atoms with E-state index in [0.717, 1.165) is 70.5 Å². The Balaban J connectivity index is 1.01. The van der Waals surface area contributed by atoms with Crippen LogP contribution < -0.4 is 10.2 Å². The van der Waals surface area contributed by atoms with Gasteiger partial charge in [0.05, 0.1) is 23.5 Å². The fourth-order valence-electron chi connectivity index (χ4n) is 8.78. The summed E-state index contributed by atoms with van der Waals surface area (Å²) in [5, 5.41) is 13.3. The largest absolute Gasteiger partial charge is 0.453 e. The van der Waals surface area contributed by atoms with Gasteiger partial charge < -0.3 is 29.7 Å². The number of sulfone groups is 1. The van der Waals surface area contributed by atoms with E-state index in [1.807, 2.05) is 37.2 Å². The lowest BCUT2D eigenvalue weighted by Crippen LogP contribution is -2.56. The van der Waals surface area contributed by atoms with E-state index in [1.165, 1.54) is 25.3 Å². The van der Waals surface area contributed by atoms with Crippen molar-refractivity contribution >= 4 is 27.5 Å². The van der Waals surface area contributed by atoms with Crippen LogP contribution in [0.5, 0.6) is 0 Å². The zero-order valence-corrected chi connectivity index (χ0v) is 31.2. The van der Waals surface area contributed by atoms with Gasteiger partial charge in [0.1, 0.15) is 11.1 Å². The van der Waals surface area contributed by atoms with Crippen LogP contribution in [0, 0.1) is 34.9 Å². The molecule has 1 saturated carbocycles. The number of nitrogens with one attached hydrogen (secondary N) is 1. The van der Waals surface area contributed by atoms with Crippen LogP contribution >= 0.6 is 0 Å². The number of carbonyl (C=O) groups is 2. The SMILES string of the molecule is COC(=O)N[C@H]1CCCC1C(C#N)(c1cccc(F)c1)C1CCN(CC2CN(c3ccc(S(=O)(=O)C4CN(C(=O)/C=C/CN(C)C)C4)cc3)C2)CC1. The first-order valence-corrected chi connectivity index (χ1v) is 19.9. The first-order chi connectivity index (χ1) is 24.9. The molecule has 13 heteroatoms. The molecule has 2 aromatic rings. The summed E-state index contributed by atoms with van der Waals surface area (Å²) in [6.45, 7) is 5.42.